The van der Waals surface area contributed by atoms with E-state index >= 15 is 0 Å². The SMILES string of the molecule is Nc1ccc(Sc2ccc3cncnc3c2)cc1. The molecule has 0 atom stereocenters. The molecule has 0 amide bonds. The third-order valence-electron chi connectivity index (χ3n) is 2.59. The van der Waals surface area contributed by atoms with Gasteiger partial charge < -0.3 is 5.73 Å². The minimum Gasteiger partial charge on any atom is -0.399 e. The third kappa shape index (κ3) is 2.28. The van der Waals surface area contributed by atoms with Crippen LogP contribution in [0.4, 0.5) is 5.69 Å². The summed E-state index contributed by atoms with van der Waals surface area (Å²) in [5.74, 6) is 0. The Morgan fingerprint density at radius 1 is 0.944 bits per heavy atom. The largest absolute Gasteiger partial charge is 0.399 e. The Bertz CT molecular complexity index is 680. The van der Waals surface area contributed by atoms with E-state index in [1.54, 1.807) is 18.1 Å². The molecule has 0 saturated carbocycles. The van der Waals surface area contributed by atoms with Crippen LogP contribution < -0.4 is 5.73 Å². The van der Waals surface area contributed by atoms with Crippen molar-refractivity contribution in [3.05, 3.63) is 55.0 Å². The molecular weight excluding hydrogens is 242 g/mol. The van der Waals surface area contributed by atoms with Gasteiger partial charge in [-0.3, -0.25) is 0 Å². The highest BCUT2D eigenvalue weighted by Crippen LogP contribution is 2.29. The van der Waals surface area contributed by atoms with E-state index in [-0.39, 0.29) is 0 Å². The van der Waals surface area contributed by atoms with Crippen LogP contribution in [0.5, 0.6) is 0 Å². The molecule has 3 rings (SSSR count). The molecule has 0 unspecified atom stereocenters. The Labute approximate surface area is 109 Å². The Kier molecular flexibility index (Phi) is 2.86. The van der Waals surface area contributed by atoms with E-state index in [4.69, 9.17) is 5.73 Å². The molecule has 2 N–H and O–H groups in total. The Morgan fingerprint density at radius 2 is 1.72 bits per heavy atom. The van der Waals surface area contributed by atoms with Crippen molar-refractivity contribution in [1.29, 1.82) is 0 Å². The van der Waals surface area contributed by atoms with Crippen molar-refractivity contribution in [3.8, 4) is 0 Å². The van der Waals surface area contributed by atoms with Gasteiger partial charge in [-0.05, 0) is 36.4 Å². The monoisotopic (exact) mass is 253 g/mol. The molecule has 0 aliphatic heterocycles. The van der Waals surface area contributed by atoms with Crippen LogP contribution in [0.3, 0.4) is 0 Å². The maximum atomic E-state index is 5.67. The van der Waals surface area contributed by atoms with Gasteiger partial charge in [-0.15, -0.1) is 0 Å². The van der Waals surface area contributed by atoms with Gasteiger partial charge in [0.05, 0.1) is 5.52 Å². The number of fused-ring (bicyclic) bond motifs is 1. The second kappa shape index (κ2) is 4.66. The number of hydrogen-bond acceptors (Lipinski definition) is 4. The van der Waals surface area contributed by atoms with Gasteiger partial charge in [-0.2, -0.15) is 0 Å². The highest BCUT2D eigenvalue weighted by atomic mass is 32.2. The highest BCUT2D eigenvalue weighted by Gasteiger charge is 2.00. The number of nitrogens with zero attached hydrogens (tertiary/aromatic N) is 2. The molecule has 2 aromatic carbocycles. The molecule has 0 radical (unpaired) electrons. The first-order chi connectivity index (χ1) is 8.81. The molecule has 0 fully saturated rings. The van der Waals surface area contributed by atoms with Crippen molar-refractivity contribution < 1.29 is 0 Å². The minimum absolute atomic E-state index is 0.783. The average molecular weight is 253 g/mol. The quantitative estimate of drug-likeness (QED) is 0.711. The normalized spacial score (nSPS) is 10.7. The van der Waals surface area contributed by atoms with Gasteiger partial charge in [0.2, 0.25) is 0 Å². The van der Waals surface area contributed by atoms with Crippen molar-refractivity contribution in [2.24, 2.45) is 0 Å². The van der Waals surface area contributed by atoms with E-state index in [9.17, 15) is 0 Å². The van der Waals surface area contributed by atoms with Crippen LogP contribution in [0.2, 0.25) is 0 Å². The van der Waals surface area contributed by atoms with Gasteiger partial charge in [0.25, 0.3) is 0 Å². The summed E-state index contributed by atoms with van der Waals surface area (Å²) >= 11 is 1.70. The summed E-state index contributed by atoms with van der Waals surface area (Å²) in [6.45, 7) is 0. The molecule has 0 saturated heterocycles. The van der Waals surface area contributed by atoms with E-state index in [0.717, 1.165) is 26.4 Å². The van der Waals surface area contributed by atoms with Crippen LogP contribution in [0.15, 0.2) is 64.8 Å². The first kappa shape index (κ1) is 11.0. The summed E-state index contributed by atoms with van der Waals surface area (Å²) in [5.41, 5.74) is 7.41. The molecule has 4 heteroatoms. The van der Waals surface area contributed by atoms with Gasteiger partial charge in [0, 0.05) is 27.1 Å². The molecule has 0 bridgehead atoms. The summed E-state index contributed by atoms with van der Waals surface area (Å²) in [6.07, 6.45) is 3.39. The molecule has 0 aliphatic carbocycles. The average Bonchev–Trinajstić information content (AvgIpc) is 2.41. The molecular formula is C14H11N3S. The van der Waals surface area contributed by atoms with Crippen molar-refractivity contribution in [2.45, 2.75) is 9.79 Å². The lowest BCUT2D eigenvalue weighted by molar-refractivity contribution is 1.21. The lowest BCUT2D eigenvalue weighted by atomic mass is 10.2. The summed E-state index contributed by atoms with van der Waals surface area (Å²) in [4.78, 5) is 10.6. The van der Waals surface area contributed by atoms with Crippen molar-refractivity contribution in [2.75, 3.05) is 5.73 Å². The van der Waals surface area contributed by atoms with Gasteiger partial charge in [0.1, 0.15) is 6.33 Å². The van der Waals surface area contributed by atoms with Crippen LogP contribution in [-0.2, 0) is 0 Å². The maximum Gasteiger partial charge on any atom is 0.116 e. The zero-order valence-corrected chi connectivity index (χ0v) is 10.4. The second-order valence-electron chi connectivity index (χ2n) is 3.91. The van der Waals surface area contributed by atoms with E-state index in [0.29, 0.717) is 0 Å². The lowest BCUT2D eigenvalue weighted by Gasteiger charge is -2.03. The zero-order valence-electron chi connectivity index (χ0n) is 9.58. The summed E-state index contributed by atoms with van der Waals surface area (Å²) in [6, 6.07) is 14.0. The second-order valence-corrected chi connectivity index (χ2v) is 5.06. The van der Waals surface area contributed by atoms with Crippen LogP contribution in [0.1, 0.15) is 0 Å². The molecule has 3 nitrogen and oxygen atoms in total. The fourth-order valence-electron chi connectivity index (χ4n) is 1.69. The predicted molar refractivity (Wildman–Crippen MR) is 74.5 cm³/mol. The number of nitrogen functional groups attached to an aromatic ring is 1. The molecule has 0 aliphatic rings. The highest BCUT2D eigenvalue weighted by molar-refractivity contribution is 7.99. The number of rotatable bonds is 2. The Morgan fingerprint density at radius 3 is 2.56 bits per heavy atom. The molecule has 3 aromatic rings. The van der Waals surface area contributed by atoms with Crippen molar-refractivity contribution in [3.63, 3.8) is 0 Å². The summed E-state index contributed by atoms with van der Waals surface area (Å²) < 4.78 is 0. The third-order valence-corrected chi connectivity index (χ3v) is 3.59. The predicted octanol–water partition coefficient (Wildman–Crippen LogP) is 3.36. The maximum absolute atomic E-state index is 5.67. The first-order valence-electron chi connectivity index (χ1n) is 5.54. The van der Waals surface area contributed by atoms with Crippen LogP contribution in [-0.4, -0.2) is 9.97 Å². The number of hydrogen-bond donors (Lipinski definition) is 1. The number of nitrogens with two attached hydrogens (primary N) is 1. The fraction of sp³-hybridized carbons (Fsp3) is 0. The molecule has 1 heterocycles. The lowest BCUT2D eigenvalue weighted by Crippen LogP contribution is -1.83. The summed E-state index contributed by atoms with van der Waals surface area (Å²) in [5, 5.41) is 1.05. The standard InChI is InChI=1S/C14H11N3S/c15-11-2-5-12(6-3-11)18-13-4-1-10-8-16-9-17-14(10)7-13/h1-9H,15H2. The van der Waals surface area contributed by atoms with Gasteiger partial charge >= 0.3 is 0 Å². The van der Waals surface area contributed by atoms with Gasteiger partial charge in [-0.25, -0.2) is 9.97 Å². The molecule has 88 valence electrons. The Hall–Kier alpha value is -2.07. The summed E-state index contributed by atoms with van der Waals surface area (Å²) in [7, 11) is 0. The zero-order chi connectivity index (χ0) is 12.4. The minimum atomic E-state index is 0.783. The first-order valence-corrected chi connectivity index (χ1v) is 6.36. The van der Waals surface area contributed by atoms with E-state index in [1.165, 1.54) is 0 Å². The molecule has 18 heavy (non-hydrogen) atoms. The smallest absolute Gasteiger partial charge is 0.116 e. The Balaban J connectivity index is 1.92. The van der Waals surface area contributed by atoms with Crippen LogP contribution >= 0.6 is 11.8 Å². The van der Waals surface area contributed by atoms with E-state index in [2.05, 4.69) is 22.1 Å². The van der Waals surface area contributed by atoms with Crippen LogP contribution in [0, 0.1) is 0 Å². The van der Waals surface area contributed by atoms with E-state index < -0.39 is 0 Å². The number of benzene rings is 2. The molecule has 0 spiro atoms. The van der Waals surface area contributed by atoms with Crippen LogP contribution in [0.25, 0.3) is 10.9 Å². The molecule has 1 aromatic heterocycles. The number of anilines is 1. The topological polar surface area (TPSA) is 51.8 Å². The fourth-order valence-corrected chi connectivity index (χ4v) is 2.54. The van der Waals surface area contributed by atoms with Gasteiger partial charge in [0.15, 0.2) is 0 Å². The van der Waals surface area contributed by atoms with Gasteiger partial charge in [-0.1, -0.05) is 17.8 Å². The van der Waals surface area contributed by atoms with Crippen molar-refractivity contribution in [1.82, 2.24) is 9.97 Å². The van der Waals surface area contributed by atoms with E-state index in [1.807, 2.05) is 36.5 Å². The number of aromatic nitrogens is 2. The van der Waals surface area contributed by atoms with Crippen molar-refractivity contribution >= 4 is 28.4 Å².